The van der Waals surface area contributed by atoms with Crippen LogP contribution in [0.1, 0.15) is 0 Å². The third kappa shape index (κ3) is 4.68. The molecular weight excluding hydrogens is 484 g/mol. The number of pyridine rings is 2. The van der Waals surface area contributed by atoms with Gasteiger partial charge in [0, 0.05) is 28.3 Å². The quantitative estimate of drug-likeness (QED) is 0.230. The Morgan fingerprint density at radius 3 is 1.57 bits per heavy atom. The van der Waals surface area contributed by atoms with E-state index in [2.05, 4.69) is 140 Å². The monoisotopic (exact) mass is 510 g/mol. The molecule has 2 nitrogen and oxygen atoms in total. The molecule has 0 saturated carbocycles. The third-order valence-electron chi connectivity index (χ3n) is 7.33. The van der Waals surface area contributed by atoms with Crippen molar-refractivity contribution in [3.05, 3.63) is 158 Å². The number of hydrogen-bond acceptors (Lipinski definition) is 2. The molecule has 0 N–H and O–H groups in total. The minimum atomic E-state index is 0.969. The smallest absolute Gasteiger partial charge is 0.0780 e. The summed E-state index contributed by atoms with van der Waals surface area (Å²) in [6.07, 6.45) is 1.89. The highest BCUT2D eigenvalue weighted by Gasteiger charge is 2.10. The van der Waals surface area contributed by atoms with Crippen LogP contribution in [0.2, 0.25) is 0 Å². The fourth-order valence-electron chi connectivity index (χ4n) is 5.26. The van der Waals surface area contributed by atoms with E-state index in [1.165, 1.54) is 21.9 Å². The molecule has 188 valence electrons. The van der Waals surface area contributed by atoms with Crippen LogP contribution < -0.4 is 0 Å². The number of fused-ring (bicyclic) bond motifs is 1. The highest BCUT2D eigenvalue weighted by molar-refractivity contribution is 5.95. The standard InChI is InChI=1S/C38H26N2/c1-3-11-30(12-4-1)36-25-34(26-37(40-36)31-13-5-2-6-14-31)28-20-18-27(19-21-28)32-15-9-16-33(24-32)38-35-17-8-7-10-29(35)22-23-39-38/h1-26H. The lowest BCUT2D eigenvalue weighted by molar-refractivity contribution is 1.32. The molecule has 0 aliphatic rings. The molecule has 0 unspecified atom stereocenters. The molecule has 0 amide bonds. The first-order valence-corrected chi connectivity index (χ1v) is 13.5. The Morgan fingerprint density at radius 2 is 0.900 bits per heavy atom. The molecule has 2 heteroatoms. The molecule has 40 heavy (non-hydrogen) atoms. The van der Waals surface area contributed by atoms with Crippen molar-refractivity contribution in [2.75, 3.05) is 0 Å². The molecule has 0 spiro atoms. The molecule has 0 aliphatic carbocycles. The predicted octanol–water partition coefficient (Wildman–Crippen LogP) is 9.96. The summed E-state index contributed by atoms with van der Waals surface area (Å²) in [5, 5.41) is 2.36. The Balaban J connectivity index is 1.26. The highest BCUT2D eigenvalue weighted by Crippen LogP contribution is 2.33. The molecule has 0 atom stereocenters. The van der Waals surface area contributed by atoms with Crippen LogP contribution in [0.5, 0.6) is 0 Å². The van der Waals surface area contributed by atoms with Crippen LogP contribution in [0.3, 0.4) is 0 Å². The molecule has 2 heterocycles. The second-order valence-corrected chi connectivity index (χ2v) is 9.90. The summed E-state index contributed by atoms with van der Waals surface area (Å²) in [7, 11) is 0. The predicted molar refractivity (Wildman–Crippen MR) is 167 cm³/mol. The molecular formula is C38H26N2. The Labute approximate surface area is 234 Å². The first-order valence-electron chi connectivity index (χ1n) is 13.5. The van der Waals surface area contributed by atoms with Crippen LogP contribution in [0, 0.1) is 0 Å². The van der Waals surface area contributed by atoms with Crippen LogP contribution in [0.15, 0.2) is 158 Å². The first-order chi connectivity index (χ1) is 19.8. The average molecular weight is 511 g/mol. The van der Waals surface area contributed by atoms with E-state index in [0.717, 1.165) is 44.9 Å². The van der Waals surface area contributed by atoms with Gasteiger partial charge in [0.25, 0.3) is 0 Å². The summed E-state index contributed by atoms with van der Waals surface area (Å²) in [5.41, 5.74) is 10.9. The van der Waals surface area contributed by atoms with Crippen molar-refractivity contribution in [2.24, 2.45) is 0 Å². The maximum absolute atomic E-state index is 5.02. The van der Waals surface area contributed by atoms with E-state index in [4.69, 9.17) is 9.97 Å². The van der Waals surface area contributed by atoms with Gasteiger partial charge in [0.2, 0.25) is 0 Å². The van der Waals surface area contributed by atoms with E-state index < -0.39 is 0 Å². The van der Waals surface area contributed by atoms with E-state index >= 15 is 0 Å². The van der Waals surface area contributed by atoms with Crippen LogP contribution >= 0.6 is 0 Å². The van der Waals surface area contributed by atoms with Gasteiger partial charge in [0.1, 0.15) is 0 Å². The zero-order valence-corrected chi connectivity index (χ0v) is 21.9. The molecule has 0 bridgehead atoms. The Hall–Kier alpha value is -5.34. The topological polar surface area (TPSA) is 25.8 Å². The number of benzene rings is 5. The third-order valence-corrected chi connectivity index (χ3v) is 7.33. The normalized spacial score (nSPS) is 11.0. The van der Waals surface area contributed by atoms with Gasteiger partial charge >= 0.3 is 0 Å². The Kier molecular flexibility index (Phi) is 6.20. The van der Waals surface area contributed by atoms with Gasteiger partial charge in [-0.25, -0.2) is 4.98 Å². The van der Waals surface area contributed by atoms with E-state index in [9.17, 15) is 0 Å². The van der Waals surface area contributed by atoms with Gasteiger partial charge in [-0.05, 0) is 51.9 Å². The highest BCUT2D eigenvalue weighted by atomic mass is 14.7. The lowest BCUT2D eigenvalue weighted by Crippen LogP contribution is -1.91. The largest absolute Gasteiger partial charge is 0.256 e. The van der Waals surface area contributed by atoms with Crippen LogP contribution in [0.25, 0.3) is 66.8 Å². The zero-order chi connectivity index (χ0) is 26.7. The lowest BCUT2D eigenvalue weighted by Gasteiger charge is -2.11. The Bertz CT molecular complexity index is 1860. The number of nitrogens with zero attached hydrogens (tertiary/aromatic N) is 2. The number of hydrogen-bond donors (Lipinski definition) is 0. The molecule has 0 fully saturated rings. The van der Waals surface area contributed by atoms with Gasteiger partial charge in [-0.15, -0.1) is 0 Å². The van der Waals surface area contributed by atoms with Crippen LogP contribution in [-0.4, -0.2) is 9.97 Å². The van der Waals surface area contributed by atoms with Crippen LogP contribution in [-0.2, 0) is 0 Å². The van der Waals surface area contributed by atoms with E-state index in [-0.39, 0.29) is 0 Å². The van der Waals surface area contributed by atoms with Crippen LogP contribution in [0.4, 0.5) is 0 Å². The maximum Gasteiger partial charge on any atom is 0.0780 e. The molecule has 7 rings (SSSR count). The summed E-state index contributed by atoms with van der Waals surface area (Å²) >= 11 is 0. The summed E-state index contributed by atoms with van der Waals surface area (Å²) in [6.45, 7) is 0. The number of aromatic nitrogens is 2. The van der Waals surface area contributed by atoms with Gasteiger partial charge in [-0.1, -0.05) is 127 Å². The Morgan fingerprint density at radius 1 is 0.350 bits per heavy atom. The van der Waals surface area contributed by atoms with Gasteiger partial charge in [0.15, 0.2) is 0 Å². The van der Waals surface area contributed by atoms with Gasteiger partial charge in [-0.3, -0.25) is 4.98 Å². The van der Waals surface area contributed by atoms with Gasteiger partial charge in [-0.2, -0.15) is 0 Å². The fourth-order valence-corrected chi connectivity index (χ4v) is 5.26. The molecule has 2 aromatic heterocycles. The average Bonchev–Trinajstić information content (AvgIpc) is 3.05. The molecule has 0 aliphatic heterocycles. The van der Waals surface area contributed by atoms with E-state index in [0.29, 0.717) is 0 Å². The van der Waals surface area contributed by atoms with Crippen molar-refractivity contribution < 1.29 is 0 Å². The number of rotatable bonds is 5. The second-order valence-electron chi connectivity index (χ2n) is 9.90. The fraction of sp³-hybridized carbons (Fsp3) is 0. The summed E-state index contributed by atoms with van der Waals surface area (Å²) in [5.74, 6) is 0. The second kappa shape index (κ2) is 10.4. The lowest BCUT2D eigenvalue weighted by atomic mass is 9.96. The van der Waals surface area contributed by atoms with Crippen molar-refractivity contribution in [1.82, 2.24) is 9.97 Å². The van der Waals surface area contributed by atoms with Crippen molar-refractivity contribution in [3.8, 4) is 56.0 Å². The summed E-state index contributed by atoms with van der Waals surface area (Å²) in [6, 6.07) is 53.1. The van der Waals surface area contributed by atoms with E-state index in [1.807, 2.05) is 18.3 Å². The minimum Gasteiger partial charge on any atom is -0.256 e. The van der Waals surface area contributed by atoms with Crippen molar-refractivity contribution >= 4 is 10.8 Å². The van der Waals surface area contributed by atoms with Crippen molar-refractivity contribution in [2.45, 2.75) is 0 Å². The minimum absolute atomic E-state index is 0.969. The van der Waals surface area contributed by atoms with E-state index in [1.54, 1.807) is 0 Å². The molecule has 5 aromatic carbocycles. The molecule has 0 saturated heterocycles. The van der Waals surface area contributed by atoms with Crippen molar-refractivity contribution in [3.63, 3.8) is 0 Å². The zero-order valence-electron chi connectivity index (χ0n) is 21.9. The van der Waals surface area contributed by atoms with Gasteiger partial charge < -0.3 is 0 Å². The maximum atomic E-state index is 5.02. The van der Waals surface area contributed by atoms with Crippen molar-refractivity contribution in [1.29, 1.82) is 0 Å². The summed E-state index contributed by atoms with van der Waals surface area (Å²) < 4.78 is 0. The molecule has 0 radical (unpaired) electrons. The first kappa shape index (κ1) is 23.8. The molecule has 7 aromatic rings. The van der Waals surface area contributed by atoms with Gasteiger partial charge in [0.05, 0.1) is 17.1 Å². The SMILES string of the molecule is c1ccc(-c2cc(-c3ccc(-c4cccc(-c5nccc6ccccc56)c4)cc3)cc(-c3ccccc3)n2)cc1. The summed E-state index contributed by atoms with van der Waals surface area (Å²) in [4.78, 5) is 9.74.